The summed E-state index contributed by atoms with van der Waals surface area (Å²) in [7, 11) is 1.71. The third kappa shape index (κ3) is 2.57. The van der Waals surface area contributed by atoms with Gasteiger partial charge < -0.3 is 15.3 Å². The molecule has 1 aliphatic carbocycles. The molecule has 6 nitrogen and oxygen atoms in total. The lowest BCUT2D eigenvalue weighted by Crippen LogP contribution is -2.49. The Kier molecular flexibility index (Phi) is 3.04. The van der Waals surface area contributed by atoms with E-state index in [0.717, 1.165) is 0 Å². The summed E-state index contributed by atoms with van der Waals surface area (Å²) in [6.07, 6.45) is 1.51. The monoisotopic (exact) mass is 240 g/mol. The number of hydrogen-bond donors (Lipinski definition) is 2. The summed E-state index contributed by atoms with van der Waals surface area (Å²) in [6.45, 7) is 0.509. The first-order valence-electron chi connectivity index (χ1n) is 5.76. The lowest BCUT2D eigenvalue weighted by atomic mass is 10.1. The van der Waals surface area contributed by atoms with E-state index in [1.54, 1.807) is 11.9 Å². The molecule has 6 heteroatoms. The predicted molar refractivity (Wildman–Crippen MR) is 58.0 cm³/mol. The zero-order chi connectivity index (χ0) is 12.6. The predicted octanol–water partition coefficient (Wildman–Crippen LogP) is -0.556. The molecule has 17 heavy (non-hydrogen) atoms. The van der Waals surface area contributed by atoms with Gasteiger partial charge in [0.15, 0.2) is 0 Å². The number of carboxylic acid groups (broad SMARTS) is 1. The van der Waals surface area contributed by atoms with E-state index in [4.69, 9.17) is 5.11 Å². The van der Waals surface area contributed by atoms with Crippen LogP contribution < -0.4 is 5.32 Å². The first-order valence-corrected chi connectivity index (χ1v) is 5.76. The molecule has 1 saturated carbocycles. The molecule has 0 radical (unpaired) electrons. The van der Waals surface area contributed by atoms with Crippen molar-refractivity contribution in [2.45, 2.75) is 25.3 Å². The van der Waals surface area contributed by atoms with Gasteiger partial charge in [0.05, 0.1) is 11.8 Å². The Bertz CT molecular complexity index is 368. The van der Waals surface area contributed by atoms with E-state index in [-0.39, 0.29) is 23.8 Å². The Balaban J connectivity index is 1.80. The van der Waals surface area contributed by atoms with Crippen molar-refractivity contribution in [3.63, 3.8) is 0 Å². The first-order chi connectivity index (χ1) is 7.99. The van der Waals surface area contributed by atoms with E-state index in [9.17, 15) is 14.4 Å². The number of carboxylic acids is 1. The number of carbonyl (C=O) groups is 3. The zero-order valence-corrected chi connectivity index (χ0v) is 9.68. The van der Waals surface area contributed by atoms with Gasteiger partial charge in [-0.1, -0.05) is 0 Å². The summed E-state index contributed by atoms with van der Waals surface area (Å²) in [6, 6.07) is -0.0414. The van der Waals surface area contributed by atoms with Crippen LogP contribution in [0.4, 0.5) is 0 Å². The van der Waals surface area contributed by atoms with Crippen LogP contribution in [-0.2, 0) is 14.4 Å². The summed E-state index contributed by atoms with van der Waals surface area (Å²) >= 11 is 0. The molecule has 0 spiro atoms. The molecule has 1 heterocycles. The number of aliphatic carboxylic acids is 1. The number of nitrogens with one attached hydrogen (secondary N) is 1. The van der Waals surface area contributed by atoms with Crippen LogP contribution in [0.3, 0.4) is 0 Å². The van der Waals surface area contributed by atoms with E-state index in [1.165, 1.54) is 0 Å². The maximum atomic E-state index is 11.7. The Morgan fingerprint density at radius 2 is 2.12 bits per heavy atom. The normalized spacial score (nSPS) is 32.2. The quantitative estimate of drug-likeness (QED) is 0.692. The molecule has 1 saturated heterocycles. The summed E-state index contributed by atoms with van der Waals surface area (Å²) in [5.41, 5.74) is 0. The number of rotatable bonds is 3. The van der Waals surface area contributed by atoms with E-state index >= 15 is 0 Å². The molecule has 0 aromatic rings. The lowest BCUT2D eigenvalue weighted by molar-refractivity contribution is -0.140. The molecule has 1 aliphatic heterocycles. The fraction of sp³-hybridized carbons (Fsp3) is 0.727. The molecule has 94 valence electrons. The summed E-state index contributed by atoms with van der Waals surface area (Å²) in [4.78, 5) is 35.2. The van der Waals surface area contributed by atoms with E-state index in [0.29, 0.717) is 25.8 Å². The summed E-state index contributed by atoms with van der Waals surface area (Å²) < 4.78 is 0. The van der Waals surface area contributed by atoms with E-state index < -0.39 is 11.9 Å². The minimum atomic E-state index is -0.902. The second-order valence-electron chi connectivity index (χ2n) is 4.81. The number of hydrogen-bond acceptors (Lipinski definition) is 3. The molecule has 2 rings (SSSR count). The van der Waals surface area contributed by atoms with E-state index in [2.05, 4.69) is 5.32 Å². The molecule has 2 amide bonds. The van der Waals surface area contributed by atoms with Gasteiger partial charge in [-0.05, 0) is 12.8 Å². The van der Waals surface area contributed by atoms with Crippen molar-refractivity contribution in [1.82, 2.24) is 10.2 Å². The van der Waals surface area contributed by atoms with Crippen molar-refractivity contribution in [2.24, 2.45) is 11.8 Å². The Morgan fingerprint density at radius 3 is 2.65 bits per heavy atom. The van der Waals surface area contributed by atoms with Crippen LogP contribution in [0.15, 0.2) is 0 Å². The van der Waals surface area contributed by atoms with Crippen LogP contribution in [0.1, 0.15) is 19.3 Å². The molecule has 0 aromatic carbocycles. The number of piperidine rings is 1. The standard InChI is InChI=1S/C11H16N2O4/c1-13-5-6(2-3-9(13)14)12-10(15)7-4-8(7)11(16)17/h6-8H,2-5H2,1H3,(H,12,15)(H,16,17)/t6-,7-,8-/m1/s1. The van der Waals surface area contributed by atoms with Crippen molar-refractivity contribution < 1.29 is 19.5 Å². The van der Waals surface area contributed by atoms with Crippen molar-refractivity contribution >= 4 is 17.8 Å². The second kappa shape index (κ2) is 4.35. The molecular formula is C11H16N2O4. The third-order valence-electron chi connectivity index (χ3n) is 3.42. The van der Waals surface area contributed by atoms with Gasteiger partial charge in [0.1, 0.15) is 0 Å². The van der Waals surface area contributed by atoms with Gasteiger partial charge in [0.2, 0.25) is 11.8 Å². The van der Waals surface area contributed by atoms with Crippen LogP contribution in [0.5, 0.6) is 0 Å². The lowest BCUT2D eigenvalue weighted by Gasteiger charge is -2.30. The highest BCUT2D eigenvalue weighted by molar-refractivity contribution is 5.89. The Hall–Kier alpha value is -1.59. The van der Waals surface area contributed by atoms with Gasteiger partial charge in [-0.15, -0.1) is 0 Å². The van der Waals surface area contributed by atoms with Gasteiger partial charge in [0, 0.05) is 26.1 Å². The Labute approximate surface area is 99.0 Å². The molecule has 0 bridgehead atoms. The van der Waals surface area contributed by atoms with Crippen LogP contribution in [0.2, 0.25) is 0 Å². The van der Waals surface area contributed by atoms with Crippen LogP contribution >= 0.6 is 0 Å². The van der Waals surface area contributed by atoms with Gasteiger partial charge in [0.25, 0.3) is 0 Å². The molecule has 2 N–H and O–H groups in total. The maximum Gasteiger partial charge on any atom is 0.307 e. The fourth-order valence-electron chi connectivity index (χ4n) is 2.20. The first kappa shape index (κ1) is 11.9. The van der Waals surface area contributed by atoms with Gasteiger partial charge >= 0.3 is 5.97 Å². The minimum absolute atomic E-state index is 0.0414. The van der Waals surface area contributed by atoms with Gasteiger partial charge in [-0.25, -0.2) is 0 Å². The third-order valence-corrected chi connectivity index (χ3v) is 3.42. The second-order valence-corrected chi connectivity index (χ2v) is 4.81. The van der Waals surface area contributed by atoms with Crippen molar-refractivity contribution in [2.75, 3.05) is 13.6 Å². The SMILES string of the molecule is CN1C[C@H](NC(=O)[C@@H]2C[C@H]2C(=O)O)CCC1=O. The molecular weight excluding hydrogens is 224 g/mol. The van der Waals surface area contributed by atoms with Gasteiger partial charge in [-0.2, -0.15) is 0 Å². The molecule has 0 unspecified atom stereocenters. The van der Waals surface area contributed by atoms with Crippen molar-refractivity contribution in [1.29, 1.82) is 0 Å². The molecule has 3 atom stereocenters. The highest BCUT2D eigenvalue weighted by Gasteiger charge is 2.48. The minimum Gasteiger partial charge on any atom is -0.481 e. The maximum absolute atomic E-state index is 11.7. The smallest absolute Gasteiger partial charge is 0.307 e. The number of amides is 2. The topological polar surface area (TPSA) is 86.7 Å². The van der Waals surface area contributed by atoms with Crippen LogP contribution in [0.25, 0.3) is 0 Å². The van der Waals surface area contributed by atoms with Gasteiger partial charge in [-0.3, -0.25) is 14.4 Å². The summed E-state index contributed by atoms with van der Waals surface area (Å²) in [5.74, 6) is -1.90. The summed E-state index contributed by atoms with van der Waals surface area (Å²) in [5, 5.41) is 11.5. The number of nitrogens with zero attached hydrogens (tertiary/aromatic N) is 1. The Morgan fingerprint density at radius 1 is 1.41 bits per heavy atom. The number of carbonyl (C=O) groups excluding carboxylic acids is 2. The molecule has 2 fully saturated rings. The molecule has 2 aliphatic rings. The zero-order valence-electron chi connectivity index (χ0n) is 9.68. The van der Waals surface area contributed by atoms with Crippen molar-refractivity contribution in [3.8, 4) is 0 Å². The van der Waals surface area contributed by atoms with E-state index in [1.807, 2.05) is 0 Å². The average Bonchev–Trinajstić information content (AvgIpc) is 3.03. The average molecular weight is 240 g/mol. The fourth-order valence-corrected chi connectivity index (χ4v) is 2.20. The highest BCUT2D eigenvalue weighted by Crippen LogP contribution is 2.38. The van der Waals surface area contributed by atoms with Crippen LogP contribution in [-0.4, -0.2) is 47.4 Å². The highest BCUT2D eigenvalue weighted by atomic mass is 16.4. The van der Waals surface area contributed by atoms with Crippen LogP contribution in [0, 0.1) is 11.8 Å². The largest absolute Gasteiger partial charge is 0.481 e. The number of likely N-dealkylation sites (tertiary alicyclic amines) is 1. The molecule has 0 aromatic heterocycles. The number of likely N-dealkylation sites (N-methyl/N-ethyl adjacent to an activating group) is 1. The van der Waals surface area contributed by atoms with Crippen molar-refractivity contribution in [3.05, 3.63) is 0 Å².